The molecule has 78 valence electrons. The van der Waals surface area contributed by atoms with Crippen molar-refractivity contribution in [3.05, 3.63) is 23.9 Å². The zero-order valence-corrected chi connectivity index (χ0v) is 9.04. The molecule has 1 aromatic rings. The molecule has 0 saturated carbocycles. The van der Waals surface area contributed by atoms with E-state index in [0.717, 1.165) is 17.9 Å². The number of rotatable bonds is 3. The van der Waals surface area contributed by atoms with Crippen LogP contribution in [0, 0.1) is 5.41 Å². The summed E-state index contributed by atoms with van der Waals surface area (Å²) in [6.07, 6.45) is 1.69. The third-order valence-corrected chi connectivity index (χ3v) is 1.81. The highest BCUT2D eigenvalue weighted by molar-refractivity contribution is 5.35. The lowest BCUT2D eigenvalue weighted by Gasteiger charge is -2.19. The van der Waals surface area contributed by atoms with E-state index in [0.29, 0.717) is 0 Å². The summed E-state index contributed by atoms with van der Waals surface area (Å²) in [6.45, 7) is 7.44. The van der Waals surface area contributed by atoms with Gasteiger partial charge in [-0.05, 0) is 17.0 Å². The molecule has 1 aromatic heterocycles. The summed E-state index contributed by atoms with van der Waals surface area (Å²) < 4.78 is 0. The Kier molecular flexibility index (Phi) is 3.47. The zero-order chi connectivity index (χ0) is 10.6. The van der Waals surface area contributed by atoms with Crippen LogP contribution < -0.4 is 5.32 Å². The first kappa shape index (κ1) is 11.0. The van der Waals surface area contributed by atoms with Gasteiger partial charge in [-0.1, -0.05) is 26.8 Å². The molecule has 0 aliphatic carbocycles. The molecule has 14 heavy (non-hydrogen) atoms. The molecule has 0 spiro atoms. The maximum absolute atomic E-state index is 8.83. The van der Waals surface area contributed by atoms with Crippen molar-refractivity contribution in [1.82, 2.24) is 4.98 Å². The van der Waals surface area contributed by atoms with Crippen LogP contribution in [0.4, 0.5) is 5.82 Å². The molecule has 0 unspecified atom stereocenters. The number of hydrogen-bond donors (Lipinski definition) is 2. The van der Waals surface area contributed by atoms with Crippen molar-refractivity contribution >= 4 is 5.82 Å². The van der Waals surface area contributed by atoms with Crippen LogP contribution >= 0.6 is 0 Å². The second kappa shape index (κ2) is 4.42. The molecule has 0 aliphatic heterocycles. The average Bonchev–Trinajstić information content (AvgIpc) is 2.14. The number of anilines is 1. The SMILES string of the molecule is CC(C)(C)CNc1ccc(CO)cn1. The van der Waals surface area contributed by atoms with Gasteiger partial charge in [-0.25, -0.2) is 4.98 Å². The van der Waals surface area contributed by atoms with Crippen molar-refractivity contribution in [2.24, 2.45) is 5.41 Å². The second-order valence-corrected chi connectivity index (χ2v) is 4.62. The molecular weight excluding hydrogens is 176 g/mol. The molecule has 0 aliphatic rings. The van der Waals surface area contributed by atoms with Crippen molar-refractivity contribution in [2.75, 3.05) is 11.9 Å². The summed E-state index contributed by atoms with van der Waals surface area (Å²) in [6, 6.07) is 3.76. The number of aromatic nitrogens is 1. The predicted molar refractivity (Wildman–Crippen MR) is 58.1 cm³/mol. The Hall–Kier alpha value is -1.09. The lowest BCUT2D eigenvalue weighted by molar-refractivity contribution is 0.281. The van der Waals surface area contributed by atoms with Crippen LogP contribution in [0.1, 0.15) is 26.3 Å². The average molecular weight is 194 g/mol. The maximum atomic E-state index is 8.83. The molecule has 1 rings (SSSR count). The number of aliphatic hydroxyl groups is 1. The highest BCUT2D eigenvalue weighted by atomic mass is 16.3. The Balaban J connectivity index is 2.52. The lowest BCUT2D eigenvalue weighted by Crippen LogP contribution is -2.19. The van der Waals surface area contributed by atoms with Gasteiger partial charge in [-0.15, -0.1) is 0 Å². The minimum absolute atomic E-state index is 0.0482. The molecule has 0 atom stereocenters. The molecule has 0 aromatic carbocycles. The van der Waals surface area contributed by atoms with Gasteiger partial charge in [-0.2, -0.15) is 0 Å². The van der Waals surface area contributed by atoms with Gasteiger partial charge in [0, 0.05) is 12.7 Å². The van der Waals surface area contributed by atoms with Crippen molar-refractivity contribution in [2.45, 2.75) is 27.4 Å². The first-order valence-corrected chi connectivity index (χ1v) is 4.81. The van der Waals surface area contributed by atoms with E-state index in [9.17, 15) is 0 Å². The quantitative estimate of drug-likeness (QED) is 0.774. The van der Waals surface area contributed by atoms with Gasteiger partial charge in [0.1, 0.15) is 5.82 Å². The fourth-order valence-corrected chi connectivity index (χ4v) is 0.978. The second-order valence-electron chi connectivity index (χ2n) is 4.62. The summed E-state index contributed by atoms with van der Waals surface area (Å²) in [5.41, 5.74) is 1.09. The molecule has 0 amide bonds. The molecule has 3 nitrogen and oxygen atoms in total. The first-order chi connectivity index (χ1) is 6.51. The molecule has 1 heterocycles. The van der Waals surface area contributed by atoms with E-state index in [1.54, 1.807) is 6.20 Å². The summed E-state index contributed by atoms with van der Waals surface area (Å²) in [7, 11) is 0. The van der Waals surface area contributed by atoms with Gasteiger partial charge in [0.05, 0.1) is 6.61 Å². The minimum atomic E-state index is 0.0482. The standard InChI is InChI=1S/C11H18N2O/c1-11(2,3)8-13-10-5-4-9(7-14)6-12-10/h4-6,14H,7-8H2,1-3H3,(H,12,13). The number of hydrogen-bond acceptors (Lipinski definition) is 3. The van der Waals surface area contributed by atoms with E-state index in [4.69, 9.17) is 5.11 Å². The van der Waals surface area contributed by atoms with Gasteiger partial charge in [0.2, 0.25) is 0 Å². The van der Waals surface area contributed by atoms with Crippen molar-refractivity contribution in [3.63, 3.8) is 0 Å². The van der Waals surface area contributed by atoms with Gasteiger partial charge in [-0.3, -0.25) is 0 Å². The highest BCUT2D eigenvalue weighted by Gasteiger charge is 2.09. The molecule has 0 radical (unpaired) electrons. The third-order valence-electron chi connectivity index (χ3n) is 1.81. The minimum Gasteiger partial charge on any atom is -0.392 e. The van der Waals surface area contributed by atoms with Crippen molar-refractivity contribution in [1.29, 1.82) is 0 Å². The van der Waals surface area contributed by atoms with Gasteiger partial charge in [0.25, 0.3) is 0 Å². The van der Waals surface area contributed by atoms with E-state index in [1.165, 1.54) is 0 Å². The Morgan fingerprint density at radius 2 is 2.07 bits per heavy atom. The fourth-order valence-electron chi connectivity index (χ4n) is 0.978. The van der Waals surface area contributed by atoms with Crippen LogP contribution in [0.2, 0.25) is 0 Å². The normalized spacial score (nSPS) is 11.4. The van der Waals surface area contributed by atoms with Crippen LogP contribution in [0.25, 0.3) is 0 Å². The molecule has 0 saturated heterocycles. The van der Waals surface area contributed by atoms with E-state index >= 15 is 0 Å². The summed E-state index contributed by atoms with van der Waals surface area (Å²) in [4.78, 5) is 4.18. The number of pyridine rings is 1. The Morgan fingerprint density at radius 3 is 2.50 bits per heavy atom. The van der Waals surface area contributed by atoms with Gasteiger partial charge >= 0.3 is 0 Å². The third kappa shape index (κ3) is 3.75. The van der Waals surface area contributed by atoms with E-state index in [1.807, 2.05) is 12.1 Å². The summed E-state index contributed by atoms with van der Waals surface area (Å²) in [5, 5.41) is 12.1. The topological polar surface area (TPSA) is 45.1 Å². The monoisotopic (exact) mass is 194 g/mol. The number of nitrogens with one attached hydrogen (secondary N) is 1. The smallest absolute Gasteiger partial charge is 0.125 e. The van der Waals surface area contributed by atoms with Crippen LogP contribution in [0.3, 0.4) is 0 Å². The van der Waals surface area contributed by atoms with E-state index < -0.39 is 0 Å². The van der Waals surface area contributed by atoms with E-state index in [-0.39, 0.29) is 12.0 Å². The highest BCUT2D eigenvalue weighted by Crippen LogP contribution is 2.14. The van der Waals surface area contributed by atoms with E-state index in [2.05, 4.69) is 31.1 Å². The van der Waals surface area contributed by atoms with Crippen LogP contribution in [0.5, 0.6) is 0 Å². The summed E-state index contributed by atoms with van der Waals surface area (Å²) >= 11 is 0. The van der Waals surface area contributed by atoms with Crippen molar-refractivity contribution in [3.8, 4) is 0 Å². The first-order valence-electron chi connectivity index (χ1n) is 4.81. The molecule has 0 bridgehead atoms. The Morgan fingerprint density at radius 1 is 1.36 bits per heavy atom. The molecule has 0 fully saturated rings. The zero-order valence-electron chi connectivity index (χ0n) is 9.04. The van der Waals surface area contributed by atoms with Crippen LogP contribution in [-0.2, 0) is 6.61 Å². The fraction of sp³-hybridized carbons (Fsp3) is 0.545. The maximum Gasteiger partial charge on any atom is 0.125 e. The molecule has 2 N–H and O–H groups in total. The molecular formula is C11H18N2O. The Labute approximate surface area is 85.2 Å². The summed E-state index contributed by atoms with van der Waals surface area (Å²) in [5.74, 6) is 0.858. The van der Waals surface area contributed by atoms with Crippen LogP contribution in [0.15, 0.2) is 18.3 Å². The van der Waals surface area contributed by atoms with Gasteiger partial charge in [0.15, 0.2) is 0 Å². The lowest BCUT2D eigenvalue weighted by atomic mass is 9.97. The molecule has 3 heteroatoms. The van der Waals surface area contributed by atoms with Gasteiger partial charge < -0.3 is 10.4 Å². The predicted octanol–water partition coefficient (Wildman–Crippen LogP) is 2.03. The number of nitrogens with zero attached hydrogens (tertiary/aromatic N) is 1. The van der Waals surface area contributed by atoms with Crippen molar-refractivity contribution < 1.29 is 5.11 Å². The largest absolute Gasteiger partial charge is 0.392 e. The number of aliphatic hydroxyl groups excluding tert-OH is 1. The Bertz CT molecular complexity index is 274. The van der Waals surface area contributed by atoms with Crippen LogP contribution in [-0.4, -0.2) is 16.6 Å².